The molecule has 0 radical (unpaired) electrons. The number of halogens is 2. The van der Waals surface area contributed by atoms with Crippen LogP contribution >= 0.6 is 11.6 Å². The predicted octanol–water partition coefficient (Wildman–Crippen LogP) is 1.78. The molecular weight excluding hydrogens is 549 g/mol. The first-order valence-electron chi connectivity index (χ1n) is 10.2. The fourth-order valence-corrected chi connectivity index (χ4v) is 5.44. The topological polar surface area (TPSA) is 184 Å². The van der Waals surface area contributed by atoms with Gasteiger partial charge in [-0.25, -0.2) is 36.5 Å². The van der Waals surface area contributed by atoms with E-state index in [9.17, 15) is 30.8 Å². The summed E-state index contributed by atoms with van der Waals surface area (Å²) < 4.78 is 62.3. The molecule has 0 aliphatic rings. The van der Waals surface area contributed by atoms with Crippen molar-refractivity contribution in [1.82, 2.24) is 9.55 Å². The molecule has 37 heavy (non-hydrogen) atoms. The van der Waals surface area contributed by atoms with Gasteiger partial charge in [0.1, 0.15) is 26.8 Å². The normalized spacial score (nSPS) is 12.0. The summed E-state index contributed by atoms with van der Waals surface area (Å²) >= 11 is 5.95. The summed E-state index contributed by atoms with van der Waals surface area (Å²) in [5.74, 6) is -1.50. The Balaban J connectivity index is 1.84. The molecule has 0 spiro atoms. The highest BCUT2D eigenvalue weighted by Crippen LogP contribution is 2.31. The van der Waals surface area contributed by atoms with E-state index in [2.05, 4.69) is 10.3 Å². The number of nitrogens with zero attached hydrogens (tertiary/aromatic N) is 2. The molecule has 0 aliphatic carbocycles. The predicted molar refractivity (Wildman–Crippen MR) is 134 cm³/mol. The highest BCUT2D eigenvalue weighted by molar-refractivity contribution is 7.90. The molecule has 0 saturated heterocycles. The molecule has 5 N–H and O–H groups in total. The van der Waals surface area contributed by atoms with E-state index < -0.39 is 63.4 Å². The Kier molecular flexibility index (Phi) is 6.87. The van der Waals surface area contributed by atoms with E-state index >= 15 is 0 Å². The number of fused-ring (bicyclic) bond motifs is 1. The first-order valence-corrected chi connectivity index (χ1v) is 13.7. The molecule has 0 unspecified atom stereocenters. The van der Waals surface area contributed by atoms with Crippen LogP contribution in [0, 0.1) is 5.82 Å². The van der Waals surface area contributed by atoms with E-state index in [4.69, 9.17) is 21.9 Å². The average molecular weight is 566 g/mol. The summed E-state index contributed by atoms with van der Waals surface area (Å²) in [7, 11) is -9.01. The van der Waals surface area contributed by atoms with Crippen LogP contribution in [0.25, 0.3) is 11.0 Å². The number of rotatable bonds is 6. The number of carbonyl (C=O) groups excluding carboxylic acids is 1. The molecule has 15 heteroatoms. The number of primary sulfonamides is 2. The SMILES string of the molecule is NS(=O)(=O)c1cc(S(N)(=O)=O)c(NC(=O)c2cc3cccnc3n(Cc3ccc(F)cc3)c2=O)cc1Cl. The smallest absolute Gasteiger partial charge is 0.265 e. The molecule has 0 saturated carbocycles. The number of amides is 1. The van der Waals surface area contributed by atoms with Gasteiger partial charge in [0, 0.05) is 11.6 Å². The van der Waals surface area contributed by atoms with Crippen LogP contribution in [0.15, 0.2) is 75.4 Å². The van der Waals surface area contributed by atoms with Gasteiger partial charge in [-0.2, -0.15) is 0 Å². The lowest BCUT2D eigenvalue weighted by Gasteiger charge is -2.14. The third-order valence-corrected chi connectivity index (χ3v) is 7.57. The van der Waals surface area contributed by atoms with Crippen molar-refractivity contribution in [2.45, 2.75) is 16.3 Å². The van der Waals surface area contributed by atoms with Crippen molar-refractivity contribution in [2.24, 2.45) is 10.3 Å². The minimum atomic E-state index is -4.58. The van der Waals surface area contributed by atoms with Gasteiger partial charge in [-0.15, -0.1) is 0 Å². The van der Waals surface area contributed by atoms with Crippen molar-refractivity contribution in [1.29, 1.82) is 0 Å². The van der Waals surface area contributed by atoms with E-state index in [0.29, 0.717) is 17.0 Å². The van der Waals surface area contributed by atoms with Crippen LogP contribution in [0.3, 0.4) is 0 Å². The maximum Gasteiger partial charge on any atom is 0.265 e. The minimum Gasteiger partial charge on any atom is -0.321 e. The van der Waals surface area contributed by atoms with E-state index in [-0.39, 0.29) is 12.2 Å². The summed E-state index contributed by atoms with van der Waals surface area (Å²) in [4.78, 5) is 29.2. The van der Waals surface area contributed by atoms with Crippen molar-refractivity contribution >= 4 is 54.3 Å². The van der Waals surface area contributed by atoms with Crippen molar-refractivity contribution in [3.63, 3.8) is 0 Å². The maximum absolute atomic E-state index is 13.3. The fraction of sp³-hybridized carbons (Fsp3) is 0.0455. The van der Waals surface area contributed by atoms with E-state index in [1.54, 1.807) is 12.1 Å². The Morgan fingerprint density at radius 2 is 1.65 bits per heavy atom. The van der Waals surface area contributed by atoms with Crippen LogP contribution in [0.1, 0.15) is 15.9 Å². The van der Waals surface area contributed by atoms with Gasteiger partial charge < -0.3 is 5.32 Å². The number of anilines is 1. The van der Waals surface area contributed by atoms with Crippen LogP contribution in [-0.2, 0) is 26.6 Å². The fourth-order valence-electron chi connectivity index (χ4n) is 3.56. The third-order valence-electron chi connectivity index (χ3n) is 5.24. The van der Waals surface area contributed by atoms with Gasteiger partial charge in [0.25, 0.3) is 11.5 Å². The molecule has 4 aromatic rings. The zero-order chi connectivity index (χ0) is 27.1. The second-order valence-corrected chi connectivity index (χ2v) is 11.3. The second kappa shape index (κ2) is 9.64. The molecule has 2 aromatic carbocycles. The Labute approximate surface area is 214 Å². The molecule has 192 valence electrons. The van der Waals surface area contributed by atoms with Crippen molar-refractivity contribution in [3.05, 3.63) is 93.1 Å². The van der Waals surface area contributed by atoms with Crippen molar-refractivity contribution < 1.29 is 26.0 Å². The highest BCUT2D eigenvalue weighted by atomic mass is 35.5. The number of nitrogens with one attached hydrogen (secondary N) is 1. The Morgan fingerprint density at radius 1 is 1.00 bits per heavy atom. The van der Waals surface area contributed by atoms with Crippen LogP contribution in [-0.4, -0.2) is 32.3 Å². The lowest BCUT2D eigenvalue weighted by atomic mass is 10.1. The molecule has 2 heterocycles. The largest absolute Gasteiger partial charge is 0.321 e. The summed E-state index contributed by atoms with van der Waals surface area (Å²) in [6.45, 7) is -0.0505. The average Bonchev–Trinajstić information content (AvgIpc) is 2.80. The van der Waals surface area contributed by atoms with E-state index in [1.807, 2.05) is 0 Å². The zero-order valence-electron chi connectivity index (χ0n) is 18.6. The summed E-state index contributed by atoms with van der Waals surface area (Å²) in [5.41, 5.74) is -0.846. The van der Waals surface area contributed by atoms with Gasteiger partial charge in [-0.3, -0.25) is 14.2 Å². The molecule has 11 nitrogen and oxygen atoms in total. The number of aromatic nitrogens is 2. The molecule has 0 bridgehead atoms. The number of hydrogen-bond acceptors (Lipinski definition) is 7. The van der Waals surface area contributed by atoms with Gasteiger partial charge in [0.05, 0.1) is 17.3 Å². The molecule has 2 aromatic heterocycles. The van der Waals surface area contributed by atoms with Crippen LogP contribution in [0.5, 0.6) is 0 Å². The first kappa shape index (κ1) is 26.4. The monoisotopic (exact) mass is 565 g/mol. The van der Waals surface area contributed by atoms with E-state index in [1.165, 1.54) is 41.1 Å². The molecule has 1 amide bonds. The number of pyridine rings is 2. The maximum atomic E-state index is 13.3. The standard InChI is InChI=1S/C22H17ClFN5O6S2/c23-16-9-17(19(37(26,34)35)10-18(16)36(25,32)33)28-21(30)15-8-13-2-1-7-27-20(13)29(22(15)31)11-12-3-5-14(24)6-4-12/h1-10H,11H2,(H,28,30)(H2,25,32,33)(H2,26,34,35). The zero-order valence-corrected chi connectivity index (χ0v) is 20.9. The summed E-state index contributed by atoms with van der Waals surface area (Å²) in [6.07, 6.45) is 1.45. The Bertz CT molecular complexity index is 1840. The second-order valence-electron chi connectivity index (χ2n) is 7.81. The third kappa shape index (κ3) is 5.52. The molecule has 4 rings (SSSR count). The number of benzene rings is 2. The van der Waals surface area contributed by atoms with Crippen LogP contribution in [0.4, 0.5) is 10.1 Å². The lowest BCUT2D eigenvalue weighted by Crippen LogP contribution is -2.30. The quantitative estimate of drug-likeness (QED) is 0.318. The van der Waals surface area contributed by atoms with Gasteiger partial charge in [-0.05, 0) is 48.0 Å². The van der Waals surface area contributed by atoms with Crippen LogP contribution < -0.4 is 21.2 Å². The van der Waals surface area contributed by atoms with Crippen molar-refractivity contribution in [2.75, 3.05) is 5.32 Å². The summed E-state index contributed by atoms with van der Waals surface area (Å²) in [5, 5.41) is 12.4. The number of hydrogen-bond donors (Lipinski definition) is 3. The number of sulfonamides is 2. The van der Waals surface area contributed by atoms with Crippen LogP contribution in [0.2, 0.25) is 5.02 Å². The lowest BCUT2D eigenvalue weighted by molar-refractivity contribution is 0.102. The molecule has 0 fully saturated rings. The molecule has 0 atom stereocenters. The number of carbonyl (C=O) groups is 1. The van der Waals surface area contributed by atoms with E-state index in [0.717, 1.165) is 6.07 Å². The van der Waals surface area contributed by atoms with Gasteiger partial charge >= 0.3 is 0 Å². The van der Waals surface area contributed by atoms with Gasteiger partial charge in [-0.1, -0.05) is 23.7 Å². The van der Waals surface area contributed by atoms with Crippen molar-refractivity contribution in [3.8, 4) is 0 Å². The first-order chi connectivity index (χ1) is 17.3. The molecule has 0 aliphatic heterocycles. The minimum absolute atomic E-state index is 0.0505. The van der Waals surface area contributed by atoms with Gasteiger partial charge in [0.2, 0.25) is 20.0 Å². The molecular formula is C22H17ClFN5O6S2. The summed E-state index contributed by atoms with van der Waals surface area (Å²) in [6, 6.07) is 11.3. The Hall–Kier alpha value is -3.69. The number of nitrogens with two attached hydrogens (primary N) is 2. The highest BCUT2D eigenvalue weighted by Gasteiger charge is 2.25. The Morgan fingerprint density at radius 3 is 2.27 bits per heavy atom. The van der Waals surface area contributed by atoms with Gasteiger partial charge in [0.15, 0.2) is 0 Å².